The Morgan fingerprint density at radius 1 is 1.32 bits per heavy atom. The molecule has 132 valence electrons. The van der Waals surface area contributed by atoms with Gasteiger partial charge in [0.1, 0.15) is 0 Å². The van der Waals surface area contributed by atoms with Crippen LogP contribution in [0.15, 0.2) is 42.7 Å². The van der Waals surface area contributed by atoms with Gasteiger partial charge in [-0.1, -0.05) is 37.1 Å². The van der Waals surface area contributed by atoms with Gasteiger partial charge >= 0.3 is 0 Å². The number of rotatable bonds is 5. The molecule has 1 aromatic carbocycles. The minimum absolute atomic E-state index is 0.176. The molecule has 0 unspecified atom stereocenters. The molecule has 1 aliphatic carbocycles. The average Bonchev–Trinajstić information content (AvgIpc) is 3.30. The Morgan fingerprint density at radius 3 is 3.12 bits per heavy atom. The van der Waals surface area contributed by atoms with Gasteiger partial charge in [-0.2, -0.15) is 5.10 Å². The molecule has 0 spiro atoms. The lowest BCUT2D eigenvalue weighted by atomic mass is 9.67. The number of hydrogen-bond acceptors (Lipinski definition) is 3. The van der Waals surface area contributed by atoms with Gasteiger partial charge in [0.15, 0.2) is 0 Å². The molecule has 1 amide bonds. The van der Waals surface area contributed by atoms with E-state index in [-0.39, 0.29) is 11.3 Å². The van der Waals surface area contributed by atoms with Crippen molar-refractivity contribution in [2.24, 2.45) is 11.3 Å². The fraction of sp³-hybridized carbons (Fsp3) is 0.500. The van der Waals surface area contributed by atoms with Gasteiger partial charge in [-0.25, -0.2) is 0 Å². The van der Waals surface area contributed by atoms with Crippen LogP contribution in [0.1, 0.15) is 36.8 Å². The van der Waals surface area contributed by atoms with Gasteiger partial charge in [0.05, 0.1) is 12.0 Å². The maximum atomic E-state index is 13.0. The second-order valence-corrected chi connectivity index (χ2v) is 7.44. The first-order valence-corrected chi connectivity index (χ1v) is 9.30. The van der Waals surface area contributed by atoms with Crippen LogP contribution in [-0.2, 0) is 17.9 Å². The summed E-state index contributed by atoms with van der Waals surface area (Å²) in [4.78, 5) is 13.0. The fourth-order valence-corrected chi connectivity index (χ4v) is 4.47. The maximum Gasteiger partial charge on any atom is 0.228 e. The Bertz CT molecular complexity index is 727. The minimum Gasteiger partial charge on any atom is -0.351 e. The molecule has 1 aliphatic heterocycles. The van der Waals surface area contributed by atoms with Crippen LogP contribution in [0.4, 0.5) is 0 Å². The standard InChI is InChI=1S/C20H26N4O/c25-19(20-8-2-1-7-18(20)13-21-15-20)22-12-16-5-3-6-17(11-16)14-24-10-4-9-23-24/h3-6,9-11,18,21H,1-2,7-8,12-15H2,(H,22,25)/t18-,20+/m0/s1. The summed E-state index contributed by atoms with van der Waals surface area (Å²) < 4.78 is 1.91. The quantitative estimate of drug-likeness (QED) is 0.880. The molecule has 1 saturated heterocycles. The van der Waals surface area contributed by atoms with Crippen LogP contribution in [0.5, 0.6) is 0 Å². The van der Waals surface area contributed by atoms with Crippen LogP contribution < -0.4 is 10.6 Å². The molecule has 2 fully saturated rings. The normalized spacial score (nSPS) is 25.5. The molecule has 2 heterocycles. The SMILES string of the molecule is O=C(NCc1cccc(Cn2cccn2)c1)[C@@]12CCCC[C@H]1CNC2. The highest BCUT2D eigenvalue weighted by atomic mass is 16.2. The van der Waals surface area contributed by atoms with E-state index >= 15 is 0 Å². The van der Waals surface area contributed by atoms with Crippen LogP contribution >= 0.6 is 0 Å². The van der Waals surface area contributed by atoms with E-state index in [0.29, 0.717) is 12.5 Å². The van der Waals surface area contributed by atoms with Crippen molar-refractivity contribution in [1.82, 2.24) is 20.4 Å². The van der Waals surface area contributed by atoms with Gasteiger partial charge in [0.25, 0.3) is 0 Å². The summed E-state index contributed by atoms with van der Waals surface area (Å²) in [6.07, 6.45) is 8.39. The van der Waals surface area contributed by atoms with E-state index < -0.39 is 0 Å². The van der Waals surface area contributed by atoms with Crippen LogP contribution in [0.2, 0.25) is 0 Å². The number of nitrogens with zero attached hydrogens (tertiary/aromatic N) is 2. The second kappa shape index (κ2) is 7.00. The van der Waals surface area contributed by atoms with Gasteiger partial charge in [-0.15, -0.1) is 0 Å². The molecule has 2 aliphatic rings. The highest BCUT2D eigenvalue weighted by Gasteiger charge is 2.49. The molecular weight excluding hydrogens is 312 g/mol. The Hall–Kier alpha value is -2.14. The van der Waals surface area contributed by atoms with E-state index in [1.54, 1.807) is 6.20 Å². The van der Waals surface area contributed by atoms with E-state index in [0.717, 1.165) is 31.6 Å². The predicted molar refractivity (Wildman–Crippen MR) is 96.9 cm³/mol. The molecular formula is C20H26N4O. The van der Waals surface area contributed by atoms with Crippen molar-refractivity contribution in [2.75, 3.05) is 13.1 Å². The smallest absolute Gasteiger partial charge is 0.228 e. The van der Waals surface area contributed by atoms with E-state index in [4.69, 9.17) is 0 Å². The Morgan fingerprint density at radius 2 is 2.24 bits per heavy atom. The number of aromatic nitrogens is 2. The third-order valence-corrected chi connectivity index (χ3v) is 5.84. The van der Waals surface area contributed by atoms with Gasteiger partial charge in [-0.05, 0) is 42.5 Å². The molecule has 1 aromatic heterocycles. The molecule has 1 saturated carbocycles. The van der Waals surface area contributed by atoms with Crippen molar-refractivity contribution >= 4 is 5.91 Å². The molecule has 25 heavy (non-hydrogen) atoms. The van der Waals surface area contributed by atoms with Crippen LogP contribution in [0, 0.1) is 11.3 Å². The number of carbonyl (C=O) groups is 1. The number of fused-ring (bicyclic) bond motifs is 1. The molecule has 5 heteroatoms. The lowest BCUT2D eigenvalue weighted by molar-refractivity contribution is -0.134. The van der Waals surface area contributed by atoms with E-state index in [1.165, 1.54) is 24.8 Å². The Kier molecular flexibility index (Phi) is 4.57. The van der Waals surface area contributed by atoms with E-state index in [1.807, 2.05) is 16.9 Å². The number of carbonyl (C=O) groups excluding carboxylic acids is 1. The lowest BCUT2D eigenvalue weighted by Crippen LogP contribution is -2.47. The number of benzene rings is 1. The zero-order valence-electron chi connectivity index (χ0n) is 14.6. The summed E-state index contributed by atoms with van der Waals surface area (Å²) in [6.45, 7) is 3.18. The van der Waals surface area contributed by atoms with E-state index in [9.17, 15) is 4.79 Å². The number of nitrogens with one attached hydrogen (secondary N) is 2. The third-order valence-electron chi connectivity index (χ3n) is 5.84. The Balaban J connectivity index is 1.40. The summed E-state index contributed by atoms with van der Waals surface area (Å²) in [7, 11) is 0. The van der Waals surface area contributed by atoms with Crippen LogP contribution in [-0.4, -0.2) is 28.8 Å². The maximum absolute atomic E-state index is 13.0. The third kappa shape index (κ3) is 3.33. The highest BCUT2D eigenvalue weighted by molar-refractivity contribution is 5.83. The first kappa shape index (κ1) is 16.3. The number of amides is 1. The van der Waals surface area contributed by atoms with Gasteiger partial charge < -0.3 is 10.6 Å². The molecule has 2 atom stereocenters. The molecule has 4 rings (SSSR count). The molecule has 0 radical (unpaired) electrons. The molecule has 2 N–H and O–H groups in total. The monoisotopic (exact) mass is 338 g/mol. The number of hydrogen-bond donors (Lipinski definition) is 2. The van der Waals surface area contributed by atoms with Gasteiger partial charge in [0, 0.05) is 25.5 Å². The highest BCUT2D eigenvalue weighted by Crippen LogP contribution is 2.43. The predicted octanol–water partition coefficient (Wildman–Crippen LogP) is 2.33. The van der Waals surface area contributed by atoms with E-state index in [2.05, 4.69) is 40.0 Å². The summed E-state index contributed by atoms with van der Waals surface area (Å²) in [5, 5.41) is 10.9. The van der Waals surface area contributed by atoms with Crippen molar-refractivity contribution in [2.45, 2.75) is 38.8 Å². The van der Waals surface area contributed by atoms with Crippen molar-refractivity contribution < 1.29 is 4.79 Å². The van der Waals surface area contributed by atoms with Gasteiger partial charge in [-0.3, -0.25) is 9.48 Å². The van der Waals surface area contributed by atoms with Crippen molar-refractivity contribution in [3.8, 4) is 0 Å². The molecule has 0 bridgehead atoms. The first-order valence-electron chi connectivity index (χ1n) is 9.30. The lowest BCUT2D eigenvalue weighted by Gasteiger charge is -2.37. The zero-order valence-corrected chi connectivity index (χ0v) is 14.6. The topological polar surface area (TPSA) is 59.0 Å². The average molecular weight is 338 g/mol. The van der Waals surface area contributed by atoms with Crippen molar-refractivity contribution in [1.29, 1.82) is 0 Å². The summed E-state index contributed by atoms with van der Waals surface area (Å²) in [5.41, 5.74) is 2.17. The Labute approximate surface area is 148 Å². The van der Waals surface area contributed by atoms with Crippen molar-refractivity contribution in [3.63, 3.8) is 0 Å². The van der Waals surface area contributed by atoms with Crippen LogP contribution in [0.25, 0.3) is 0 Å². The molecule has 5 nitrogen and oxygen atoms in total. The zero-order chi connectivity index (χ0) is 17.1. The molecule has 2 aromatic rings. The van der Waals surface area contributed by atoms with Crippen LogP contribution in [0.3, 0.4) is 0 Å². The largest absolute Gasteiger partial charge is 0.351 e. The van der Waals surface area contributed by atoms with Crippen molar-refractivity contribution in [3.05, 3.63) is 53.9 Å². The summed E-state index contributed by atoms with van der Waals surface area (Å²) in [5.74, 6) is 0.743. The first-order chi connectivity index (χ1) is 12.3. The summed E-state index contributed by atoms with van der Waals surface area (Å²) >= 11 is 0. The second-order valence-electron chi connectivity index (χ2n) is 7.44. The summed E-state index contributed by atoms with van der Waals surface area (Å²) in [6, 6.07) is 10.3. The fourth-order valence-electron chi connectivity index (χ4n) is 4.47. The van der Waals surface area contributed by atoms with Gasteiger partial charge in [0.2, 0.25) is 5.91 Å². The minimum atomic E-state index is -0.176.